The van der Waals surface area contributed by atoms with Gasteiger partial charge in [-0.25, -0.2) is 9.52 Å². The number of piperidine rings is 1. The Balaban J connectivity index is 1.72. The van der Waals surface area contributed by atoms with Crippen molar-refractivity contribution >= 4 is 16.3 Å². The van der Waals surface area contributed by atoms with E-state index in [-0.39, 0.29) is 12.5 Å². The molecule has 8 heteroatoms. The Hall–Kier alpha value is -1.64. The molecule has 1 amide bonds. The molecule has 1 unspecified atom stereocenters. The summed E-state index contributed by atoms with van der Waals surface area (Å²) in [5.74, 6) is 0.241. The highest BCUT2D eigenvalue weighted by molar-refractivity contribution is 7.88. The van der Waals surface area contributed by atoms with Gasteiger partial charge in [-0.05, 0) is 37.4 Å². The number of hydrogen-bond donors (Lipinski definition) is 3. The van der Waals surface area contributed by atoms with Gasteiger partial charge in [0.2, 0.25) is 0 Å². The molecule has 122 valence electrons. The summed E-state index contributed by atoms with van der Waals surface area (Å²) in [6.45, 7) is 2.07. The van der Waals surface area contributed by atoms with Gasteiger partial charge in [0.25, 0.3) is 0 Å². The minimum absolute atomic E-state index is 0.0226. The van der Waals surface area contributed by atoms with Crippen LogP contribution in [-0.4, -0.2) is 34.1 Å². The van der Waals surface area contributed by atoms with Gasteiger partial charge in [-0.3, -0.25) is 0 Å². The van der Waals surface area contributed by atoms with Crippen molar-refractivity contribution < 1.29 is 17.9 Å². The van der Waals surface area contributed by atoms with Gasteiger partial charge in [-0.15, -0.1) is 0 Å². The number of nitrogens with one attached hydrogen (secondary N) is 3. The normalized spacial score (nSPS) is 18.6. The molecule has 1 saturated heterocycles. The Bertz CT molecular complexity index is 571. The van der Waals surface area contributed by atoms with E-state index in [2.05, 4.69) is 10.0 Å². The lowest BCUT2D eigenvalue weighted by Crippen LogP contribution is -2.44. The molecule has 1 heterocycles. The fourth-order valence-corrected chi connectivity index (χ4v) is 3.03. The lowest BCUT2D eigenvalue weighted by molar-refractivity contribution is 0.146. The Morgan fingerprint density at radius 2 is 2.09 bits per heavy atom. The topological polar surface area (TPSA) is 96.5 Å². The molecule has 0 radical (unpaired) electrons. The van der Waals surface area contributed by atoms with Crippen LogP contribution in [0.4, 0.5) is 4.79 Å². The molecule has 0 spiro atoms. The van der Waals surface area contributed by atoms with Crippen molar-refractivity contribution in [3.63, 3.8) is 0 Å². The number of benzene rings is 1. The van der Waals surface area contributed by atoms with E-state index in [1.165, 1.54) is 0 Å². The number of carbonyl (C=O) groups is 1. The van der Waals surface area contributed by atoms with Gasteiger partial charge in [-0.1, -0.05) is 30.3 Å². The fraction of sp³-hybridized carbons (Fsp3) is 0.500. The largest absolute Gasteiger partial charge is 0.444 e. The summed E-state index contributed by atoms with van der Waals surface area (Å²) in [5, 5.41) is 3.20. The van der Waals surface area contributed by atoms with Crippen molar-refractivity contribution in [2.24, 2.45) is 5.92 Å². The summed E-state index contributed by atoms with van der Waals surface area (Å²) in [5.41, 5.74) is 0.788. The average molecular weight is 327 g/mol. The van der Waals surface area contributed by atoms with Crippen LogP contribution in [0.3, 0.4) is 0 Å². The Morgan fingerprint density at radius 3 is 2.77 bits per heavy atom. The molecule has 1 aromatic rings. The van der Waals surface area contributed by atoms with Crippen LogP contribution < -0.4 is 14.8 Å². The molecule has 1 fully saturated rings. The highest BCUT2D eigenvalue weighted by Gasteiger charge is 2.19. The van der Waals surface area contributed by atoms with Gasteiger partial charge in [0.15, 0.2) is 0 Å². The van der Waals surface area contributed by atoms with E-state index >= 15 is 0 Å². The van der Waals surface area contributed by atoms with Crippen LogP contribution in [0, 0.1) is 5.92 Å². The predicted octanol–water partition coefficient (Wildman–Crippen LogP) is 0.747. The molecule has 1 aromatic carbocycles. The molecule has 1 atom stereocenters. The minimum atomic E-state index is -3.89. The van der Waals surface area contributed by atoms with Gasteiger partial charge in [-0.2, -0.15) is 13.1 Å². The lowest BCUT2D eigenvalue weighted by atomic mass is 10.0. The summed E-state index contributed by atoms with van der Waals surface area (Å²) in [6, 6.07) is 9.05. The SMILES string of the molecule is O=C(NS(=O)(=O)NCC1CCCNC1)OCc1ccccc1. The van der Waals surface area contributed by atoms with E-state index in [1.807, 2.05) is 22.9 Å². The van der Waals surface area contributed by atoms with Gasteiger partial charge >= 0.3 is 16.3 Å². The van der Waals surface area contributed by atoms with Crippen molar-refractivity contribution in [2.45, 2.75) is 19.4 Å². The van der Waals surface area contributed by atoms with Gasteiger partial charge < -0.3 is 10.1 Å². The average Bonchev–Trinajstić information content (AvgIpc) is 2.53. The van der Waals surface area contributed by atoms with E-state index < -0.39 is 16.3 Å². The number of amides is 1. The molecule has 1 aliphatic heterocycles. The van der Waals surface area contributed by atoms with Crippen molar-refractivity contribution in [1.82, 2.24) is 14.8 Å². The van der Waals surface area contributed by atoms with E-state index in [4.69, 9.17) is 4.74 Å². The predicted molar refractivity (Wildman–Crippen MR) is 82.3 cm³/mol. The van der Waals surface area contributed by atoms with Gasteiger partial charge in [0, 0.05) is 6.54 Å². The van der Waals surface area contributed by atoms with Gasteiger partial charge in [0.1, 0.15) is 6.61 Å². The van der Waals surface area contributed by atoms with Crippen LogP contribution in [0.15, 0.2) is 30.3 Å². The highest BCUT2D eigenvalue weighted by atomic mass is 32.2. The first-order chi connectivity index (χ1) is 10.6. The second-order valence-corrected chi connectivity index (χ2v) is 6.73. The molecule has 0 aromatic heterocycles. The fourth-order valence-electron chi connectivity index (χ4n) is 2.22. The molecule has 22 heavy (non-hydrogen) atoms. The van der Waals surface area contributed by atoms with E-state index in [9.17, 15) is 13.2 Å². The molecular weight excluding hydrogens is 306 g/mol. The smallest absolute Gasteiger partial charge is 0.422 e. The summed E-state index contributed by atoms with van der Waals surface area (Å²) in [6.07, 6.45) is 1.01. The number of carbonyl (C=O) groups excluding carboxylic acids is 1. The molecular formula is C14H21N3O4S. The van der Waals surface area contributed by atoms with Crippen LogP contribution in [0.2, 0.25) is 0 Å². The third-order valence-corrected chi connectivity index (χ3v) is 4.37. The minimum Gasteiger partial charge on any atom is -0.444 e. The first-order valence-electron chi connectivity index (χ1n) is 7.24. The van der Waals surface area contributed by atoms with Crippen LogP contribution in [0.1, 0.15) is 18.4 Å². The maximum absolute atomic E-state index is 11.8. The van der Waals surface area contributed by atoms with Gasteiger partial charge in [0.05, 0.1) is 0 Å². The third kappa shape index (κ3) is 6.00. The number of ether oxygens (including phenoxy) is 1. The Kier molecular flexibility index (Phi) is 6.17. The summed E-state index contributed by atoms with van der Waals surface area (Å²) >= 11 is 0. The molecule has 1 aliphatic rings. The summed E-state index contributed by atoms with van der Waals surface area (Å²) in [7, 11) is -3.89. The Morgan fingerprint density at radius 1 is 1.32 bits per heavy atom. The van der Waals surface area contributed by atoms with E-state index in [0.29, 0.717) is 6.54 Å². The molecule has 0 saturated carbocycles. The second kappa shape index (κ2) is 8.11. The zero-order chi connectivity index (χ0) is 15.8. The van der Waals surface area contributed by atoms with Crippen LogP contribution >= 0.6 is 0 Å². The monoisotopic (exact) mass is 327 g/mol. The van der Waals surface area contributed by atoms with Crippen LogP contribution in [-0.2, 0) is 21.6 Å². The molecule has 0 bridgehead atoms. The molecule has 7 nitrogen and oxygen atoms in total. The highest BCUT2D eigenvalue weighted by Crippen LogP contribution is 2.08. The molecule has 0 aliphatic carbocycles. The van der Waals surface area contributed by atoms with Crippen molar-refractivity contribution in [1.29, 1.82) is 0 Å². The standard InChI is InChI=1S/C14H21N3O4S/c18-14(21-11-12-5-2-1-3-6-12)17-22(19,20)16-10-13-7-4-8-15-9-13/h1-3,5-6,13,15-16H,4,7-11H2,(H,17,18). The van der Waals surface area contributed by atoms with E-state index in [1.54, 1.807) is 12.1 Å². The maximum Gasteiger partial charge on any atom is 0.422 e. The summed E-state index contributed by atoms with van der Waals surface area (Å²) < 4.78 is 32.6. The van der Waals surface area contributed by atoms with Crippen molar-refractivity contribution in [3.8, 4) is 0 Å². The maximum atomic E-state index is 11.8. The quantitative estimate of drug-likeness (QED) is 0.716. The van der Waals surface area contributed by atoms with Crippen molar-refractivity contribution in [3.05, 3.63) is 35.9 Å². The number of rotatable bonds is 6. The zero-order valence-corrected chi connectivity index (χ0v) is 13.1. The third-order valence-electron chi connectivity index (χ3n) is 3.39. The molecule has 3 N–H and O–H groups in total. The van der Waals surface area contributed by atoms with Crippen molar-refractivity contribution in [2.75, 3.05) is 19.6 Å². The van der Waals surface area contributed by atoms with Crippen LogP contribution in [0.5, 0.6) is 0 Å². The Labute approximate surface area is 130 Å². The number of hydrogen-bond acceptors (Lipinski definition) is 5. The first-order valence-corrected chi connectivity index (χ1v) is 8.72. The van der Waals surface area contributed by atoms with Crippen LogP contribution in [0.25, 0.3) is 0 Å². The molecule has 2 rings (SSSR count). The van der Waals surface area contributed by atoms with E-state index in [0.717, 1.165) is 31.5 Å². The summed E-state index contributed by atoms with van der Waals surface area (Å²) in [4.78, 5) is 11.5. The lowest BCUT2D eigenvalue weighted by Gasteiger charge is -2.22. The second-order valence-electron chi connectivity index (χ2n) is 5.23. The zero-order valence-electron chi connectivity index (χ0n) is 12.2. The first kappa shape index (κ1) is 16.7.